The second-order valence-corrected chi connectivity index (χ2v) is 6.88. The van der Waals surface area contributed by atoms with Crippen LogP contribution in [0.1, 0.15) is 30.1 Å². The Kier molecular flexibility index (Phi) is 5.34. The summed E-state index contributed by atoms with van der Waals surface area (Å²) in [6.45, 7) is 2.99. The van der Waals surface area contributed by atoms with Crippen molar-refractivity contribution in [3.63, 3.8) is 0 Å². The van der Waals surface area contributed by atoms with Crippen LogP contribution in [0.2, 0.25) is 0 Å². The standard InChI is InChI=1S/C21H24N6/c1-22-20-13-19(25-21(26-20)16-7-10-23-11-8-16)17-5-4-12-27(14-17)15-18-6-2-3-9-24-18/h2-3,6-11,13,17H,4-5,12,14-15H2,1H3,(H,22,25,26). The number of hydrogen-bond acceptors (Lipinski definition) is 6. The molecular weight excluding hydrogens is 336 g/mol. The number of aromatic nitrogens is 4. The lowest BCUT2D eigenvalue weighted by atomic mass is 9.94. The summed E-state index contributed by atoms with van der Waals surface area (Å²) >= 11 is 0. The van der Waals surface area contributed by atoms with Crippen molar-refractivity contribution in [2.45, 2.75) is 25.3 Å². The molecule has 3 aromatic rings. The van der Waals surface area contributed by atoms with Crippen molar-refractivity contribution >= 4 is 5.82 Å². The topological polar surface area (TPSA) is 66.8 Å². The summed E-state index contributed by atoms with van der Waals surface area (Å²) in [5, 5.41) is 3.18. The maximum atomic E-state index is 4.90. The van der Waals surface area contributed by atoms with Crippen molar-refractivity contribution in [1.29, 1.82) is 0 Å². The minimum absolute atomic E-state index is 0.401. The number of likely N-dealkylation sites (tertiary alicyclic amines) is 1. The van der Waals surface area contributed by atoms with E-state index >= 15 is 0 Å². The van der Waals surface area contributed by atoms with Crippen LogP contribution in [0.5, 0.6) is 0 Å². The molecule has 4 rings (SSSR count). The van der Waals surface area contributed by atoms with Gasteiger partial charge >= 0.3 is 0 Å². The zero-order chi connectivity index (χ0) is 18.5. The second kappa shape index (κ2) is 8.22. The maximum absolute atomic E-state index is 4.90. The Hall–Kier alpha value is -2.86. The van der Waals surface area contributed by atoms with Gasteiger partial charge in [0.05, 0.1) is 11.4 Å². The average Bonchev–Trinajstić information content (AvgIpc) is 2.75. The highest BCUT2D eigenvalue weighted by atomic mass is 15.1. The molecule has 0 radical (unpaired) electrons. The first-order valence-corrected chi connectivity index (χ1v) is 9.41. The minimum atomic E-state index is 0.401. The van der Waals surface area contributed by atoms with Crippen molar-refractivity contribution < 1.29 is 0 Å². The van der Waals surface area contributed by atoms with Gasteiger partial charge in [-0.05, 0) is 43.7 Å². The van der Waals surface area contributed by atoms with E-state index in [1.807, 2.05) is 37.5 Å². The van der Waals surface area contributed by atoms with Gasteiger partial charge in [0.25, 0.3) is 0 Å². The van der Waals surface area contributed by atoms with Crippen LogP contribution in [0.25, 0.3) is 11.4 Å². The summed E-state index contributed by atoms with van der Waals surface area (Å²) in [7, 11) is 1.90. The summed E-state index contributed by atoms with van der Waals surface area (Å²) in [5.41, 5.74) is 3.21. The Morgan fingerprint density at radius 1 is 1.11 bits per heavy atom. The number of anilines is 1. The molecule has 0 amide bonds. The molecule has 0 bridgehead atoms. The van der Waals surface area contributed by atoms with Crippen LogP contribution in [-0.4, -0.2) is 45.0 Å². The highest BCUT2D eigenvalue weighted by Crippen LogP contribution is 2.29. The van der Waals surface area contributed by atoms with Crippen LogP contribution in [0, 0.1) is 0 Å². The first-order chi connectivity index (χ1) is 13.3. The summed E-state index contributed by atoms with van der Waals surface area (Å²) in [4.78, 5) is 20.6. The van der Waals surface area contributed by atoms with Gasteiger partial charge in [0.1, 0.15) is 5.82 Å². The highest BCUT2D eigenvalue weighted by molar-refractivity contribution is 5.57. The Labute approximate surface area is 159 Å². The molecule has 4 heterocycles. The lowest BCUT2D eigenvalue weighted by Gasteiger charge is -2.32. The molecular formula is C21H24N6. The first-order valence-electron chi connectivity index (χ1n) is 9.41. The van der Waals surface area contributed by atoms with Crippen molar-refractivity contribution in [1.82, 2.24) is 24.8 Å². The van der Waals surface area contributed by atoms with Crippen LogP contribution >= 0.6 is 0 Å². The number of pyridine rings is 2. The summed E-state index contributed by atoms with van der Waals surface area (Å²) in [6.07, 6.45) is 7.73. The molecule has 3 aromatic heterocycles. The van der Waals surface area contributed by atoms with Crippen LogP contribution in [0.3, 0.4) is 0 Å². The fourth-order valence-electron chi connectivity index (χ4n) is 3.59. The van der Waals surface area contributed by atoms with Crippen molar-refractivity contribution in [3.05, 3.63) is 66.4 Å². The largest absolute Gasteiger partial charge is 0.373 e. The third kappa shape index (κ3) is 4.28. The molecule has 6 heteroatoms. The lowest BCUT2D eigenvalue weighted by molar-refractivity contribution is 0.196. The van der Waals surface area contributed by atoms with Crippen molar-refractivity contribution in [2.24, 2.45) is 0 Å². The van der Waals surface area contributed by atoms with E-state index in [1.165, 1.54) is 6.42 Å². The quantitative estimate of drug-likeness (QED) is 0.753. The molecule has 0 spiro atoms. The highest BCUT2D eigenvalue weighted by Gasteiger charge is 2.24. The first kappa shape index (κ1) is 17.5. The Morgan fingerprint density at radius 3 is 2.78 bits per heavy atom. The summed E-state index contributed by atoms with van der Waals surface area (Å²) in [6, 6.07) is 12.1. The molecule has 0 saturated carbocycles. The molecule has 138 valence electrons. The third-order valence-electron chi connectivity index (χ3n) is 4.98. The minimum Gasteiger partial charge on any atom is -0.373 e. The SMILES string of the molecule is CNc1cc(C2CCCN(Cc3ccccn3)C2)nc(-c2ccncc2)n1. The zero-order valence-electron chi connectivity index (χ0n) is 15.5. The predicted octanol–water partition coefficient (Wildman–Crippen LogP) is 3.35. The van der Waals surface area contributed by atoms with Gasteiger partial charge < -0.3 is 5.32 Å². The fourth-order valence-corrected chi connectivity index (χ4v) is 3.59. The van der Waals surface area contributed by atoms with Gasteiger partial charge in [-0.3, -0.25) is 14.9 Å². The molecule has 0 aliphatic carbocycles. The summed E-state index contributed by atoms with van der Waals surface area (Å²) < 4.78 is 0. The van der Waals surface area contributed by atoms with Gasteiger partial charge in [0, 0.05) is 56.3 Å². The number of nitrogens with zero attached hydrogens (tertiary/aromatic N) is 5. The number of hydrogen-bond donors (Lipinski definition) is 1. The number of piperidine rings is 1. The van der Waals surface area contributed by atoms with Gasteiger partial charge in [-0.2, -0.15) is 0 Å². The van der Waals surface area contributed by atoms with Gasteiger partial charge in [0.2, 0.25) is 0 Å². The molecule has 1 saturated heterocycles. The molecule has 1 atom stereocenters. The predicted molar refractivity (Wildman–Crippen MR) is 106 cm³/mol. The van der Waals surface area contributed by atoms with Gasteiger partial charge in [-0.1, -0.05) is 6.07 Å². The third-order valence-corrected chi connectivity index (χ3v) is 4.98. The Bertz CT molecular complexity index is 868. The van der Waals surface area contributed by atoms with E-state index in [-0.39, 0.29) is 0 Å². The second-order valence-electron chi connectivity index (χ2n) is 6.88. The Balaban J connectivity index is 1.56. The molecule has 6 nitrogen and oxygen atoms in total. The smallest absolute Gasteiger partial charge is 0.161 e. The maximum Gasteiger partial charge on any atom is 0.161 e. The van der Waals surface area contributed by atoms with Crippen molar-refractivity contribution in [3.8, 4) is 11.4 Å². The van der Waals surface area contributed by atoms with Crippen LogP contribution < -0.4 is 5.32 Å². The van der Waals surface area contributed by atoms with Crippen LogP contribution in [-0.2, 0) is 6.54 Å². The molecule has 1 unspecified atom stereocenters. The van der Waals surface area contributed by atoms with Gasteiger partial charge in [-0.25, -0.2) is 9.97 Å². The van der Waals surface area contributed by atoms with E-state index in [2.05, 4.69) is 37.3 Å². The van der Waals surface area contributed by atoms with E-state index in [1.54, 1.807) is 12.4 Å². The van der Waals surface area contributed by atoms with E-state index in [0.29, 0.717) is 5.92 Å². The lowest BCUT2D eigenvalue weighted by Crippen LogP contribution is -2.34. The summed E-state index contributed by atoms with van der Waals surface area (Å²) in [5.74, 6) is 2.01. The van der Waals surface area contributed by atoms with E-state index < -0.39 is 0 Å². The van der Waals surface area contributed by atoms with E-state index in [9.17, 15) is 0 Å². The van der Waals surface area contributed by atoms with Gasteiger partial charge in [-0.15, -0.1) is 0 Å². The number of rotatable bonds is 5. The normalized spacial score (nSPS) is 17.6. The fraction of sp³-hybridized carbons (Fsp3) is 0.333. The molecule has 1 N–H and O–H groups in total. The molecule has 1 aliphatic heterocycles. The van der Waals surface area contributed by atoms with Crippen molar-refractivity contribution in [2.75, 3.05) is 25.5 Å². The van der Waals surface area contributed by atoms with Crippen LogP contribution in [0.4, 0.5) is 5.82 Å². The Morgan fingerprint density at radius 2 is 2.00 bits per heavy atom. The number of nitrogens with one attached hydrogen (secondary N) is 1. The monoisotopic (exact) mass is 360 g/mol. The van der Waals surface area contributed by atoms with Crippen LogP contribution in [0.15, 0.2) is 55.0 Å². The molecule has 0 aromatic carbocycles. The molecule has 1 fully saturated rings. The average molecular weight is 360 g/mol. The molecule has 1 aliphatic rings. The van der Waals surface area contributed by atoms with Gasteiger partial charge in [0.15, 0.2) is 5.82 Å². The van der Waals surface area contributed by atoms with E-state index in [0.717, 1.165) is 54.6 Å². The molecule has 27 heavy (non-hydrogen) atoms. The zero-order valence-corrected chi connectivity index (χ0v) is 15.5. The van der Waals surface area contributed by atoms with E-state index in [4.69, 9.17) is 4.98 Å².